The van der Waals surface area contributed by atoms with Gasteiger partial charge >= 0.3 is 6.03 Å². The maximum atomic E-state index is 11.8. The van der Waals surface area contributed by atoms with Gasteiger partial charge in [0.15, 0.2) is 0 Å². The molecule has 1 atom stereocenters. The van der Waals surface area contributed by atoms with Gasteiger partial charge in [0, 0.05) is 39.3 Å². The van der Waals surface area contributed by atoms with E-state index in [1.807, 2.05) is 11.8 Å². The first-order valence-corrected chi connectivity index (χ1v) is 6.37. The smallest absolute Gasteiger partial charge is 0.317 e. The zero-order valence-corrected chi connectivity index (χ0v) is 10.9. The van der Waals surface area contributed by atoms with Gasteiger partial charge in [-0.1, -0.05) is 0 Å². The van der Waals surface area contributed by atoms with Gasteiger partial charge in [-0.15, -0.1) is 0 Å². The molecule has 1 unspecified atom stereocenters. The lowest BCUT2D eigenvalue weighted by molar-refractivity contribution is 0.0752. The van der Waals surface area contributed by atoms with Crippen LogP contribution in [0.3, 0.4) is 0 Å². The van der Waals surface area contributed by atoms with Crippen molar-refractivity contribution in [1.29, 1.82) is 0 Å². The Kier molecular flexibility index (Phi) is 6.96. The van der Waals surface area contributed by atoms with Crippen LogP contribution in [0.25, 0.3) is 0 Å². The number of hydrogen-bond acceptors (Lipinski definition) is 3. The number of hydrogen-bond donors (Lipinski definition) is 1. The number of carbonyl (C=O) groups excluding carboxylic acids is 1. The van der Waals surface area contributed by atoms with Gasteiger partial charge < -0.3 is 19.7 Å². The lowest BCUT2D eigenvalue weighted by Crippen LogP contribution is -2.47. The summed E-state index contributed by atoms with van der Waals surface area (Å²) in [5.41, 5.74) is 0. The van der Waals surface area contributed by atoms with Crippen molar-refractivity contribution >= 4 is 6.03 Å². The molecule has 0 aliphatic carbocycles. The predicted molar refractivity (Wildman–Crippen MR) is 66.1 cm³/mol. The Bertz CT molecular complexity index is 224. The average molecular weight is 244 g/mol. The molecule has 0 spiro atoms. The van der Waals surface area contributed by atoms with Gasteiger partial charge in [0.05, 0.1) is 13.2 Å². The van der Waals surface area contributed by atoms with Gasteiger partial charge in [-0.2, -0.15) is 0 Å². The number of ether oxygens (including phenoxy) is 2. The first kappa shape index (κ1) is 14.3. The van der Waals surface area contributed by atoms with Gasteiger partial charge in [-0.05, 0) is 19.8 Å². The molecule has 1 saturated heterocycles. The van der Waals surface area contributed by atoms with Gasteiger partial charge in [0.2, 0.25) is 0 Å². The summed E-state index contributed by atoms with van der Waals surface area (Å²) in [5.74, 6) is 0.483. The first-order valence-electron chi connectivity index (χ1n) is 6.37. The summed E-state index contributed by atoms with van der Waals surface area (Å²) >= 11 is 0. The molecule has 1 aliphatic rings. The minimum atomic E-state index is 0.0169. The van der Waals surface area contributed by atoms with E-state index in [9.17, 15) is 4.79 Å². The Morgan fingerprint density at radius 1 is 1.53 bits per heavy atom. The summed E-state index contributed by atoms with van der Waals surface area (Å²) in [4.78, 5) is 13.7. The molecule has 0 radical (unpaired) electrons. The molecule has 2 amide bonds. The van der Waals surface area contributed by atoms with Crippen LogP contribution >= 0.6 is 0 Å². The molecule has 1 fully saturated rings. The standard InChI is InChI=1S/C12H24N2O3/c1-3-17-10-11-5-4-7-14(9-11)12(15)13-6-8-16-2/h11H,3-10H2,1-2H3,(H,13,15). The summed E-state index contributed by atoms with van der Waals surface area (Å²) in [6, 6.07) is 0.0169. The van der Waals surface area contributed by atoms with Crippen molar-refractivity contribution in [3.8, 4) is 0 Å². The molecule has 1 rings (SSSR count). The van der Waals surface area contributed by atoms with E-state index in [-0.39, 0.29) is 6.03 Å². The fourth-order valence-corrected chi connectivity index (χ4v) is 2.04. The number of piperidine rings is 1. The highest BCUT2D eigenvalue weighted by Gasteiger charge is 2.23. The van der Waals surface area contributed by atoms with Crippen molar-refractivity contribution in [2.24, 2.45) is 5.92 Å². The van der Waals surface area contributed by atoms with Crippen LogP contribution in [0.15, 0.2) is 0 Å². The second-order valence-electron chi connectivity index (χ2n) is 4.34. The van der Waals surface area contributed by atoms with Crippen LogP contribution in [0.4, 0.5) is 4.79 Å². The van der Waals surface area contributed by atoms with Gasteiger partial charge in [0.25, 0.3) is 0 Å². The molecule has 1 N–H and O–H groups in total. The summed E-state index contributed by atoms with van der Waals surface area (Å²) in [7, 11) is 1.63. The van der Waals surface area contributed by atoms with Crippen LogP contribution in [-0.2, 0) is 9.47 Å². The van der Waals surface area contributed by atoms with Crippen LogP contribution in [0.1, 0.15) is 19.8 Å². The van der Waals surface area contributed by atoms with Crippen molar-refractivity contribution < 1.29 is 14.3 Å². The van der Waals surface area contributed by atoms with Gasteiger partial charge in [0.1, 0.15) is 0 Å². The Morgan fingerprint density at radius 2 is 2.35 bits per heavy atom. The van der Waals surface area contributed by atoms with Crippen molar-refractivity contribution in [2.45, 2.75) is 19.8 Å². The first-order chi connectivity index (χ1) is 8.27. The van der Waals surface area contributed by atoms with E-state index in [4.69, 9.17) is 9.47 Å². The Balaban J connectivity index is 2.25. The van der Waals surface area contributed by atoms with Crippen LogP contribution in [-0.4, -0.2) is 57.5 Å². The predicted octanol–water partition coefficient (Wildman–Crippen LogP) is 1.09. The summed E-state index contributed by atoms with van der Waals surface area (Å²) in [5, 5.41) is 2.85. The van der Waals surface area contributed by atoms with Crippen molar-refractivity contribution in [3.05, 3.63) is 0 Å². The average Bonchev–Trinajstić information content (AvgIpc) is 2.37. The lowest BCUT2D eigenvalue weighted by atomic mass is 9.99. The number of carbonyl (C=O) groups is 1. The molecule has 17 heavy (non-hydrogen) atoms. The molecule has 100 valence electrons. The maximum absolute atomic E-state index is 11.8. The topological polar surface area (TPSA) is 50.8 Å². The van der Waals surface area contributed by atoms with Crippen LogP contribution < -0.4 is 5.32 Å². The summed E-state index contributed by atoms with van der Waals surface area (Å²) in [6.45, 7) is 6.29. The molecular formula is C12H24N2O3. The van der Waals surface area contributed by atoms with E-state index in [1.165, 1.54) is 0 Å². The fourth-order valence-electron chi connectivity index (χ4n) is 2.04. The molecule has 1 heterocycles. The summed E-state index contributed by atoms with van der Waals surface area (Å²) < 4.78 is 10.3. The van der Waals surface area contributed by atoms with E-state index in [0.29, 0.717) is 19.1 Å². The highest BCUT2D eigenvalue weighted by atomic mass is 16.5. The van der Waals surface area contributed by atoms with Crippen LogP contribution in [0, 0.1) is 5.92 Å². The molecular weight excluding hydrogens is 220 g/mol. The maximum Gasteiger partial charge on any atom is 0.317 e. The quantitative estimate of drug-likeness (QED) is 0.712. The molecule has 0 aromatic carbocycles. The number of nitrogens with one attached hydrogen (secondary N) is 1. The molecule has 0 aromatic rings. The number of rotatable bonds is 6. The van der Waals surface area contributed by atoms with Crippen LogP contribution in [0.2, 0.25) is 0 Å². The van der Waals surface area contributed by atoms with Crippen molar-refractivity contribution in [3.63, 3.8) is 0 Å². The highest BCUT2D eigenvalue weighted by molar-refractivity contribution is 5.74. The number of nitrogens with zero attached hydrogens (tertiary/aromatic N) is 1. The minimum absolute atomic E-state index is 0.0169. The minimum Gasteiger partial charge on any atom is -0.383 e. The number of urea groups is 1. The summed E-state index contributed by atoms with van der Waals surface area (Å²) in [6.07, 6.45) is 2.22. The zero-order chi connectivity index (χ0) is 12.5. The molecule has 0 aromatic heterocycles. The molecule has 0 saturated carbocycles. The largest absolute Gasteiger partial charge is 0.383 e. The molecule has 5 heteroatoms. The van der Waals surface area contributed by atoms with E-state index < -0.39 is 0 Å². The normalized spacial score (nSPS) is 20.4. The second kappa shape index (κ2) is 8.31. The number of likely N-dealkylation sites (tertiary alicyclic amines) is 1. The zero-order valence-electron chi connectivity index (χ0n) is 10.9. The Hall–Kier alpha value is -0.810. The third-order valence-electron chi connectivity index (χ3n) is 2.95. The second-order valence-corrected chi connectivity index (χ2v) is 4.34. The van der Waals surface area contributed by atoms with Crippen molar-refractivity contribution in [1.82, 2.24) is 10.2 Å². The Labute approximate surface area is 103 Å². The lowest BCUT2D eigenvalue weighted by Gasteiger charge is -2.32. The van der Waals surface area contributed by atoms with Crippen molar-refractivity contribution in [2.75, 3.05) is 46.6 Å². The highest BCUT2D eigenvalue weighted by Crippen LogP contribution is 2.16. The van der Waals surface area contributed by atoms with E-state index >= 15 is 0 Å². The van der Waals surface area contributed by atoms with Crippen LogP contribution in [0.5, 0.6) is 0 Å². The molecule has 0 bridgehead atoms. The monoisotopic (exact) mass is 244 g/mol. The SMILES string of the molecule is CCOCC1CCCN(C(=O)NCCOC)C1. The van der Waals surface area contributed by atoms with E-state index in [2.05, 4.69) is 5.32 Å². The van der Waals surface area contributed by atoms with Gasteiger partial charge in [-0.3, -0.25) is 0 Å². The fraction of sp³-hybridized carbons (Fsp3) is 0.917. The number of amides is 2. The number of methoxy groups -OCH3 is 1. The van der Waals surface area contributed by atoms with E-state index in [1.54, 1.807) is 7.11 Å². The third kappa shape index (κ3) is 5.37. The Morgan fingerprint density at radius 3 is 3.06 bits per heavy atom. The van der Waals surface area contributed by atoms with Gasteiger partial charge in [-0.25, -0.2) is 4.79 Å². The third-order valence-corrected chi connectivity index (χ3v) is 2.95. The molecule has 1 aliphatic heterocycles. The molecule has 5 nitrogen and oxygen atoms in total. The van der Waals surface area contributed by atoms with E-state index in [0.717, 1.165) is 39.1 Å².